The Morgan fingerprint density at radius 1 is 1.29 bits per heavy atom. The maximum atomic E-state index is 10.5. The third kappa shape index (κ3) is 3.21. The summed E-state index contributed by atoms with van der Waals surface area (Å²) in [6.07, 6.45) is 4.40. The second-order valence-corrected chi connectivity index (χ2v) is 5.24. The van der Waals surface area contributed by atoms with Gasteiger partial charge in [-0.2, -0.15) is 0 Å². The van der Waals surface area contributed by atoms with Crippen molar-refractivity contribution in [1.82, 2.24) is 15.3 Å². The summed E-state index contributed by atoms with van der Waals surface area (Å²) in [4.78, 5) is 21.8. The molecule has 6 nitrogen and oxygen atoms in total. The number of rotatable bonds is 3. The minimum atomic E-state index is -1.05. The molecule has 0 saturated carbocycles. The van der Waals surface area contributed by atoms with Gasteiger partial charge in [-0.3, -0.25) is 4.98 Å². The number of aromatic nitrogens is 2. The number of nitrogens with one attached hydrogen (secondary N) is 1. The van der Waals surface area contributed by atoms with Crippen LogP contribution in [0.1, 0.15) is 25.0 Å². The van der Waals surface area contributed by atoms with E-state index < -0.39 is 6.09 Å². The van der Waals surface area contributed by atoms with E-state index in [0.717, 1.165) is 29.8 Å². The number of hydrogen-bond acceptors (Lipinski definition) is 4. The lowest BCUT2D eigenvalue weighted by atomic mass is 10.1. The number of piperidine rings is 1. The van der Waals surface area contributed by atoms with Gasteiger partial charge in [0, 0.05) is 24.7 Å². The highest BCUT2D eigenvalue weighted by Crippen LogP contribution is 2.21. The Morgan fingerprint density at radius 3 is 2.86 bits per heavy atom. The number of carbonyl (C=O) groups is 1. The lowest BCUT2D eigenvalue weighted by molar-refractivity contribution is 0.194. The first-order chi connectivity index (χ1) is 10.2. The zero-order chi connectivity index (χ0) is 14.7. The van der Waals surface area contributed by atoms with Crippen molar-refractivity contribution < 1.29 is 9.90 Å². The van der Waals surface area contributed by atoms with Gasteiger partial charge in [0.25, 0.3) is 0 Å². The lowest BCUT2D eigenvalue weighted by Gasteiger charge is -2.27. The molecule has 110 valence electrons. The van der Waals surface area contributed by atoms with Crippen molar-refractivity contribution in [1.29, 1.82) is 0 Å². The summed E-state index contributed by atoms with van der Waals surface area (Å²) >= 11 is 0. The fourth-order valence-electron chi connectivity index (χ4n) is 2.61. The molecular formula is C15H18N4O2. The summed E-state index contributed by atoms with van der Waals surface area (Å²) in [6.45, 7) is 2.30. The summed E-state index contributed by atoms with van der Waals surface area (Å²) in [7, 11) is 0. The Bertz CT molecular complexity index is 653. The van der Waals surface area contributed by atoms with Gasteiger partial charge in [0.15, 0.2) is 0 Å². The quantitative estimate of drug-likeness (QED) is 0.905. The standard InChI is InChI=1S/C15H18N4O2/c20-15(21)17-10-12-8-13-11(9-16-12)4-5-14(18-13)19-6-2-1-3-7-19/h4-5,8-9,17H,1-3,6-7,10H2,(H,20,21). The Morgan fingerprint density at radius 2 is 2.10 bits per heavy atom. The van der Waals surface area contributed by atoms with Crippen LogP contribution in [0.5, 0.6) is 0 Å². The highest BCUT2D eigenvalue weighted by molar-refractivity contribution is 5.80. The predicted molar refractivity (Wildman–Crippen MR) is 80.5 cm³/mol. The Hall–Kier alpha value is -2.37. The first kappa shape index (κ1) is 13.6. The van der Waals surface area contributed by atoms with Crippen molar-refractivity contribution in [3.05, 3.63) is 30.1 Å². The molecular weight excluding hydrogens is 268 g/mol. The molecule has 0 spiro atoms. The second-order valence-electron chi connectivity index (χ2n) is 5.24. The van der Waals surface area contributed by atoms with Crippen LogP contribution in [0, 0.1) is 0 Å². The number of pyridine rings is 2. The molecule has 0 bridgehead atoms. The average Bonchev–Trinajstić information content (AvgIpc) is 2.53. The minimum Gasteiger partial charge on any atom is -0.465 e. The fraction of sp³-hybridized carbons (Fsp3) is 0.400. The molecule has 1 aliphatic rings. The molecule has 1 saturated heterocycles. The van der Waals surface area contributed by atoms with E-state index in [1.165, 1.54) is 19.3 Å². The Labute approximate surface area is 122 Å². The minimum absolute atomic E-state index is 0.195. The van der Waals surface area contributed by atoms with Crippen LogP contribution in [0.2, 0.25) is 0 Å². The largest absolute Gasteiger partial charge is 0.465 e. The van der Waals surface area contributed by atoms with E-state index in [2.05, 4.69) is 15.2 Å². The van der Waals surface area contributed by atoms with Crippen LogP contribution in [0.25, 0.3) is 10.9 Å². The van der Waals surface area contributed by atoms with E-state index in [9.17, 15) is 4.79 Å². The van der Waals surface area contributed by atoms with Crippen LogP contribution in [-0.2, 0) is 6.54 Å². The molecule has 2 N–H and O–H groups in total. The molecule has 0 unspecified atom stereocenters. The van der Waals surface area contributed by atoms with Gasteiger partial charge in [-0.1, -0.05) is 0 Å². The third-order valence-electron chi connectivity index (χ3n) is 3.72. The van der Waals surface area contributed by atoms with Crippen molar-refractivity contribution in [2.75, 3.05) is 18.0 Å². The van der Waals surface area contributed by atoms with Gasteiger partial charge in [0.05, 0.1) is 17.8 Å². The van der Waals surface area contributed by atoms with Crippen LogP contribution < -0.4 is 10.2 Å². The molecule has 6 heteroatoms. The fourth-order valence-corrected chi connectivity index (χ4v) is 2.61. The highest BCUT2D eigenvalue weighted by Gasteiger charge is 2.12. The average molecular weight is 286 g/mol. The zero-order valence-corrected chi connectivity index (χ0v) is 11.7. The number of fused-ring (bicyclic) bond motifs is 1. The molecule has 3 heterocycles. The maximum Gasteiger partial charge on any atom is 0.404 e. The topological polar surface area (TPSA) is 78.3 Å². The summed E-state index contributed by atoms with van der Waals surface area (Å²) < 4.78 is 0. The van der Waals surface area contributed by atoms with Gasteiger partial charge in [-0.05, 0) is 37.5 Å². The number of hydrogen-bond donors (Lipinski definition) is 2. The molecule has 0 atom stereocenters. The number of anilines is 1. The highest BCUT2D eigenvalue weighted by atomic mass is 16.4. The van der Waals surface area contributed by atoms with Crippen LogP contribution in [-0.4, -0.2) is 34.3 Å². The summed E-state index contributed by atoms with van der Waals surface area (Å²) in [6, 6.07) is 5.90. The van der Waals surface area contributed by atoms with E-state index in [0.29, 0.717) is 5.69 Å². The van der Waals surface area contributed by atoms with E-state index in [4.69, 9.17) is 10.1 Å². The van der Waals surface area contributed by atoms with Crippen LogP contribution >= 0.6 is 0 Å². The summed E-state index contributed by atoms with van der Waals surface area (Å²) in [5, 5.41) is 11.9. The normalized spacial score (nSPS) is 15.1. The van der Waals surface area contributed by atoms with Gasteiger partial charge in [-0.15, -0.1) is 0 Å². The molecule has 0 aliphatic carbocycles. The SMILES string of the molecule is O=C(O)NCc1cc2nc(N3CCCCC3)ccc2cn1. The molecule has 1 amide bonds. The number of nitrogens with zero attached hydrogens (tertiary/aromatic N) is 3. The van der Waals surface area contributed by atoms with Crippen molar-refractivity contribution in [3.8, 4) is 0 Å². The molecule has 0 radical (unpaired) electrons. The monoisotopic (exact) mass is 286 g/mol. The first-order valence-corrected chi connectivity index (χ1v) is 7.20. The number of carboxylic acid groups (broad SMARTS) is 1. The van der Waals surface area contributed by atoms with Gasteiger partial charge >= 0.3 is 6.09 Å². The van der Waals surface area contributed by atoms with Crippen LogP contribution in [0.15, 0.2) is 24.4 Å². The van der Waals surface area contributed by atoms with Crippen LogP contribution in [0.4, 0.5) is 10.6 Å². The van der Waals surface area contributed by atoms with Gasteiger partial charge in [0.2, 0.25) is 0 Å². The molecule has 2 aromatic heterocycles. The molecule has 0 aromatic carbocycles. The van der Waals surface area contributed by atoms with Gasteiger partial charge < -0.3 is 15.3 Å². The molecule has 3 rings (SSSR count). The predicted octanol–water partition coefficient (Wildman–Crippen LogP) is 2.39. The van der Waals surface area contributed by atoms with Crippen molar-refractivity contribution in [2.45, 2.75) is 25.8 Å². The van der Waals surface area contributed by atoms with E-state index in [1.54, 1.807) is 6.20 Å². The van der Waals surface area contributed by atoms with Crippen LogP contribution in [0.3, 0.4) is 0 Å². The van der Waals surface area contributed by atoms with E-state index in [1.807, 2.05) is 18.2 Å². The molecule has 2 aromatic rings. The first-order valence-electron chi connectivity index (χ1n) is 7.20. The summed E-state index contributed by atoms with van der Waals surface area (Å²) in [5.74, 6) is 0.991. The Balaban J connectivity index is 1.85. The van der Waals surface area contributed by atoms with Crippen molar-refractivity contribution >= 4 is 22.8 Å². The van der Waals surface area contributed by atoms with Gasteiger partial charge in [-0.25, -0.2) is 9.78 Å². The van der Waals surface area contributed by atoms with Crippen molar-refractivity contribution in [3.63, 3.8) is 0 Å². The van der Waals surface area contributed by atoms with Gasteiger partial charge in [0.1, 0.15) is 5.82 Å². The maximum absolute atomic E-state index is 10.5. The third-order valence-corrected chi connectivity index (χ3v) is 3.72. The smallest absolute Gasteiger partial charge is 0.404 e. The Kier molecular flexibility index (Phi) is 3.85. The van der Waals surface area contributed by atoms with E-state index >= 15 is 0 Å². The molecule has 21 heavy (non-hydrogen) atoms. The zero-order valence-electron chi connectivity index (χ0n) is 11.7. The van der Waals surface area contributed by atoms with E-state index in [-0.39, 0.29) is 6.54 Å². The number of amides is 1. The van der Waals surface area contributed by atoms with Crippen molar-refractivity contribution in [2.24, 2.45) is 0 Å². The molecule has 1 fully saturated rings. The summed E-state index contributed by atoms with van der Waals surface area (Å²) in [5.41, 5.74) is 1.53. The lowest BCUT2D eigenvalue weighted by Crippen LogP contribution is -2.30. The molecule has 1 aliphatic heterocycles. The second kappa shape index (κ2) is 5.95.